The van der Waals surface area contributed by atoms with Gasteiger partial charge in [0.25, 0.3) is 0 Å². The van der Waals surface area contributed by atoms with E-state index in [1.807, 2.05) is 22.7 Å². The molecule has 0 unspecified atom stereocenters. The van der Waals surface area contributed by atoms with Gasteiger partial charge in [-0.3, -0.25) is 0 Å². The summed E-state index contributed by atoms with van der Waals surface area (Å²) in [6.45, 7) is 0. The Balaban J connectivity index is 1.14. The van der Waals surface area contributed by atoms with E-state index < -0.39 is 0 Å². The molecule has 0 atom stereocenters. The van der Waals surface area contributed by atoms with Crippen molar-refractivity contribution < 1.29 is 0 Å². The Kier molecular flexibility index (Phi) is 8.28. The molecule has 57 heavy (non-hydrogen) atoms. The van der Waals surface area contributed by atoms with Crippen LogP contribution >= 0.6 is 22.7 Å². The van der Waals surface area contributed by atoms with Crippen LogP contribution in [-0.4, -0.2) is 0 Å². The number of hydrogen-bond acceptors (Lipinski definition) is 3. The highest BCUT2D eigenvalue weighted by Crippen LogP contribution is 2.48. The zero-order valence-electron chi connectivity index (χ0n) is 31.0. The molecule has 11 rings (SSSR count). The Morgan fingerprint density at radius 2 is 0.789 bits per heavy atom. The van der Waals surface area contributed by atoms with Gasteiger partial charge >= 0.3 is 0 Å². The van der Waals surface area contributed by atoms with Crippen molar-refractivity contribution in [3.63, 3.8) is 0 Å². The van der Waals surface area contributed by atoms with Gasteiger partial charge in [-0.1, -0.05) is 164 Å². The average molecular weight is 762 g/mol. The summed E-state index contributed by atoms with van der Waals surface area (Å²) in [6, 6.07) is 77.7. The molecule has 0 aliphatic heterocycles. The topological polar surface area (TPSA) is 3.24 Å². The quantitative estimate of drug-likeness (QED) is 0.156. The van der Waals surface area contributed by atoms with Crippen molar-refractivity contribution in [2.24, 2.45) is 0 Å². The van der Waals surface area contributed by atoms with Crippen molar-refractivity contribution in [2.75, 3.05) is 4.90 Å². The molecular formula is C54H35NS2. The highest BCUT2D eigenvalue weighted by Gasteiger charge is 2.22. The van der Waals surface area contributed by atoms with E-state index in [4.69, 9.17) is 0 Å². The summed E-state index contributed by atoms with van der Waals surface area (Å²) in [5.41, 5.74) is 13.0. The molecule has 0 spiro atoms. The molecule has 1 nitrogen and oxygen atoms in total. The lowest BCUT2D eigenvalue weighted by Gasteiger charge is -2.29. The molecule has 2 heterocycles. The van der Waals surface area contributed by atoms with Gasteiger partial charge in [0.15, 0.2) is 0 Å². The van der Waals surface area contributed by atoms with E-state index in [-0.39, 0.29) is 0 Å². The number of rotatable bonds is 7. The summed E-state index contributed by atoms with van der Waals surface area (Å²) in [5, 5.41) is 5.19. The molecule has 0 saturated heterocycles. The molecule has 0 radical (unpaired) electrons. The molecule has 2 aromatic heterocycles. The number of fused-ring (bicyclic) bond motifs is 6. The average Bonchev–Trinajstić information content (AvgIpc) is 3.86. The Morgan fingerprint density at radius 3 is 1.58 bits per heavy atom. The first-order valence-electron chi connectivity index (χ1n) is 19.3. The van der Waals surface area contributed by atoms with Crippen LogP contribution in [0.2, 0.25) is 0 Å². The maximum atomic E-state index is 2.47. The first-order chi connectivity index (χ1) is 28.3. The highest BCUT2D eigenvalue weighted by atomic mass is 32.1. The predicted molar refractivity (Wildman–Crippen MR) is 249 cm³/mol. The van der Waals surface area contributed by atoms with Gasteiger partial charge in [0.1, 0.15) is 0 Å². The second kappa shape index (κ2) is 14.1. The predicted octanol–water partition coefficient (Wildman–Crippen LogP) is 16.6. The van der Waals surface area contributed by atoms with Crippen LogP contribution < -0.4 is 4.90 Å². The summed E-state index contributed by atoms with van der Waals surface area (Å²) in [5.74, 6) is 0. The maximum Gasteiger partial charge on any atom is 0.0540 e. The third-order valence-corrected chi connectivity index (χ3v) is 13.5. The van der Waals surface area contributed by atoms with E-state index >= 15 is 0 Å². The van der Waals surface area contributed by atoms with Gasteiger partial charge in [0, 0.05) is 57.3 Å². The Bertz CT molecular complexity index is 3260. The summed E-state index contributed by atoms with van der Waals surface area (Å²) >= 11 is 3.74. The fourth-order valence-corrected chi connectivity index (χ4v) is 10.8. The van der Waals surface area contributed by atoms with Crippen LogP contribution in [0.25, 0.3) is 84.9 Å². The largest absolute Gasteiger partial charge is 0.310 e. The molecule has 0 fully saturated rings. The van der Waals surface area contributed by atoms with Crippen LogP contribution in [0, 0.1) is 0 Å². The number of hydrogen-bond donors (Lipinski definition) is 0. The van der Waals surface area contributed by atoms with Crippen LogP contribution in [0.3, 0.4) is 0 Å². The van der Waals surface area contributed by atoms with Gasteiger partial charge in [-0.2, -0.15) is 0 Å². The minimum Gasteiger partial charge on any atom is -0.310 e. The van der Waals surface area contributed by atoms with Gasteiger partial charge in [-0.05, 0) is 87.5 Å². The van der Waals surface area contributed by atoms with E-state index in [1.54, 1.807) is 0 Å². The number of para-hydroxylation sites is 1. The summed E-state index contributed by atoms with van der Waals surface area (Å²) in [6.07, 6.45) is 0. The standard InChI is InChI=1S/C54H35NS2/c1-2-16-36(17-3-1)40-20-4-5-21-42(40)43-22-6-7-23-44(43)45-24-8-11-29-50(45)55(39-32-33-53-49(35-39)47-26-10-12-30-51(47)56-53)38-19-14-18-37(34-38)41-27-15-28-48-46-25-9-13-31-52(46)57-54(41)48/h1-35H. The van der Waals surface area contributed by atoms with Crippen LogP contribution in [0.5, 0.6) is 0 Å². The third kappa shape index (κ3) is 5.83. The molecule has 0 bridgehead atoms. The smallest absolute Gasteiger partial charge is 0.0540 e. The highest BCUT2D eigenvalue weighted by molar-refractivity contribution is 7.26. The van der Waals surface area contributed by atoms with Crippen molar-refractivity contribution in [1.82, 2.24) is 0 Å². The van der Waals surface area contributed by atoms with Crippen molar-refractivity contribution in [3.8, 4) is 44.5 Å². The Hall–Kier alpha value is -6.78. The van der Waals surface area contributed by atoms with E-state index in [0.717, 1.165) is 17.1 Å². The molecule has 11 aromatic rings. The SMILES string of the molecule is c1ccc(-c2ccccc2-c2ccccc2-c2ccccc2N(c2cccc(-c3cccc4c3sc3ccccc34)c2)c2ccc3sc4ccccc4c3c2)cc1. The number of nitrogens with zero attached hydrogens (tertiary/aromatic N) is 1. The first-order valence-corrected chi connectivity index (χ1v) is 21.0. The van der Waals surface area contributed by atoms with Crippen molar-refractivity contribution in [2.45, 2.75) is 0 Å². The molecule has 3 heteroatoms. The molecule has 268 valence electrons. The van der Waals surface area contributed by atoms with Crippen LogP contribution in [0.1, 0.15) is 0 Å². The molecule has 0 amide bonds. The number of benzene rings is 9. The van der Waals surface area contributed by atoms with Gasteiger partial charge < -0.3 is 4.90 Å². The molecule has 9 aromatic carbocycles. The minimum absolute atomic E-state index is 1.11. The van der Waals surface area contributed by atoms with Crippen molar-refractivity contribution in [1.29, 1.82) is 0 Å². The first kappa shape index (κ1) is 33.5. The molecule has 0 saturated carbocycles. The van der Waals surface area contributed by atoms with Crippen molar-refractivity contribution in [3.05, 3.63) is 212 Å². The van der Waals surface area contributed by atoms with Crippen molar-refractivity contribution >= 4 is 80.1 Å². The molecule has 0 N–H and O–H groups in total. The van der Waals surface area contributed by atoms with E-state index in [9.17, 15) is 0 Å². The fraction of sp³-hybridized carbons (Fsp3) is 0. The van der Waals surface area contributed by atoms with Gasteiger partial charge in [-0.15, -0.1) is 22.7 Å². The van der Waals surface area contributed by atoms with Crippen LogP contribution in [-0.2, 0) is 0 Å². The lowest BCUT2D eigenvalue weighted by atomic mass is 9.88. The lowest BCUT2D eigenvalue weighted by Crippen LogP contribution is -2.11. The second-order valence-corrected chi connectivity index (χ2v) is 16.6. The normalized spacial score (nSPS) is 11.5. The third-order valence-electron chi connectivity index (χ3n) is 11.1. The van der Waals surface area contributed by atoms with E-state index in [0.29, 0.717) is 0 Å². The molecule has 0 aliphatic rings. The van der Waals surface area contributed by atoms with E-state index in [1.165, 1.54) is 84.9 Å². The Morgan fingerprint density at radius 1 is 0.281 bits per heavy atom. The van der Waals surface area contributed by atoms with Gasteiger partial charge in [0.2, 0.25) is 0 Å². The van der Waals surface area contributed by atoms with Crippen LogP contribution in [0.15, 0.2) is 212 Å². The zero-order valence-corrected chi connectivity index (χ0v) is 32.6. The molecule has 0 aliphatic carbocycles. The zero-order chi connectivity index (χ0) is 37.7. The van der Waals surface area contributed by atoms with Crippen LogP contribution in [0.4, 0.5) is 17.1 Å². The van der Waals surface area contributed by atoms with Gasteiger partial charge in [-0.25, -0.2) is 0 Å². The van der Waals surface area contributed by atoms with E-state index in [2.05, 4.69) is 217 Å². The lowest BCUT2D eigenvalue weighted by molar-refractivity contribution is 1.29. The number of thiophene rings is 2. The summed E-state index contributed by atoms with van der Waals surface area (Å²) in [4.78, 5) is 2.47. The summed E-state index contributed by atoms with van der Waals surface area (Å²) < 4.78 is 5.23. The molecular weight excluding hydrogens is 727 g/mol. The number of anilines is 3. The monoisotopic (exact) mass is 761 g/mol. The summed E-state index contributed by atoms with van der Waals surface area (Å²) in [7, 11) is 0. The second-order valence-electron chi connectivity index (χ2n) is 14.4. The maximum absolute atomic E-state index is 2.47. The van der Waals surface area contributed by atoms with Gasteiger partial charge in [0.05, 0.1) is 5.69 Å². The Labute approximate surface area is 340 Å². The minimum atomic E-state index is 1.11. The fourth-order valence-electron chi connectivity index (χ4n) is 8.50.